The van der Waals surface area contributed by atoms with Crippen LogP contribution in [0.5, 0.6) is 11.5 Å². The SMILES string of the molecule is Cc1cccc(Oc2ccc(N)c3ccncc23)c1C. The van der Waals surface area contributed by atoms with Gasteiger partial charge in [-0.25, -0.2) is 0 Å². The third kappa shape index (κ3) is 2.07. The largest absolute Gasteiger partial charge is 0.456 e. The van der Waals surface area contributed by atoms with E-state index in [9.17, 15) is 0 Å². The Morgan fingerprint density at radius 1 is 0.950 bits per heavy atom. The highest BCUT2D eigenvalue weighted by atomic mass is 16.5. The van der Waals surface area contributed by atoms with Gasteiger partial charge in [-0.3, -0.25) is 4.98 Å². The second-order valence-corrected chi connectivity index (χ2v) is 4.87. The first-order valence-electron chi connectivity index (χ1n) is 6.53. The number of nitrogens with zero attached hydrogens (tertiary/aromatic N) is 1. The van der Waals surface area contributed by atoms with E-state index < -0.39 is 0 Å². The van der Waals surface area contributed by atoms with E-state index >= 15 is 0 Å². The van der Waals surface area contributed by atoms with Gasteiger partial charge < -0.3 is 10.5 Å². The van der Waals surface area contributed by atoms with Crippen LogP contribution in [0.1, 0.15) is 11.1 Å². The number of hydrogen-bond donors (Lipinski definition) is 1. The van der Waals surface area contributed by atoms with Crippen LogP contribution in [0.25, 0.3) is 10.8 Å². The predicted molar refractivity (Wildman–Crippen MR) is 82.1 cm³/mol. The maximum Gasteiger partial charge on any atom is 0.136 e. The average molecular weight is 264 g/mol. The normalized spacial score (nSPS) is 10.7. The highest BCUT2D eigenvalue weighted by Crippen LogP contribution is 2.34. The molecule has 0 aliphatic heterocycles. The number of nitrogens with two attached hydrogens (primary N) is 1. The molecular formula is C17H16N2O. The van der Waals surface area contributed by atoms with Gasteiger partial charge in [0.1, 0.15) is 11.5 Å². The second kappa shape index (κ2) is 4.85. The van der Waals surface area contributed by atoms with Crippen LogP contribution in [0.2, 0.25) is 0 Å². The molecule has 0 saturated heterocycles. The second-order valence-electron chi connectivity index (χ2n) is 4.87. The smallest absolute Gasteiger partial charge is 0.136 e. The van der Waals surface area contributed by atoms with Crippen LogP contribution in [0.3, 0.4) is 0 Å². The average Bonchev–Trinajstić information content (AvgIpc) is 2.47. The summed E-state index contributed by atoms with van der Waals surface area (Å²) in [5, 5.41) is 1.89. The maximum absolute atomic E-state index is 6.06. The van der Waals surface area contributed by atoms with E-state index in [0.717, 1.165) is 33.5 Å². The van der Waals surface area contributed by atoms with Crippen molar-refractivity contribution in [3.63, 3.8) is 0 Å². The highest BCUT2D eigenvalue weighted by Gasteiger charge is 2.08. The molecule has 100 valence electrons. The molecule has 1 heterocycles. The molecule has 3 rings (SSSR count). The third-order valence-corrected chi connectivity index (χ3v) is 3.59. The number of rotatable bonds is 2. The lowest BCUT2D eigenvalue weighted by Gasteiger charge is -2.13. The van der Waals surface area contributed by atoms with Crippen molar-refractivity contribution in [2.24, 2.45) is 0 Å². The molecule has 0 radical (unpaired) electrons. The number of aryl methyl sites for hydroxylation is 1. The van der Waals surface area contributed by atoms with Gasteiger partial charge in [-0.05, 0) is 49.2 Å². The summed E-state index contributed by atoms with van der Waals surface area (Å²) in [6, 6.07) is 11.7. The summed E-state index contributed by atoms with van der Waals surface area (Å²) in [6.07, 6.45) is 3.52. The molecule has 1 aromatic heterocycles. The van der Waals surface area contributed by atoms with E-state index in [4.69, 9.17) is 10.5 Å². The van der Waals surface area contributed by atoms with E-state index in [-0.39, 0.29) is 0 Å². The Morgan fingerprint density at radius 2 is 1.80 bits per heavy atom. The Balaban J connectivity index is 2.12. The highest BCUT2D eigenvalue weighted by molar-refractivity contribution is 5.96. The van der Waals surface area contributed by atoms with Gasteiger partial charge in [-0.15, -0.1) is 0 Å². The van der Waals surface area contributed by atoms with Crippen molar-refractivity contribution in [3.05, 3.63) is 59.9 Å². The number of pyridine rings is 1. The van der Waals surface area contributed by atoms with Crippen LogP contribution in [0.4, 0.5) is 5.69 Å². The fraction of sp³-hybridized carbons (Fsp3) is 0.118. The molecular weight excluding hydrogens is 248 g/mol. The van der Waals surface area contributed by atoms with Crippen LogP contribution >= 0.6 is 0 Å². The number of fused-ring (bicyclic) bond motifs is 1. The first-order chi connectivity index (χ1) is 9.66. The van der Waals surface area contributed by atoms with Crippen LogP contribution in [-0.2, 0) is 0 Å². The summed E-state index contributed by atoms with van der Waals surface area (Å²) in [5.74, 6) is 1.64. The fourth-order valence-corrected chi connectivity index (χ4v) is 2.23. The van der Waals surface area contributed by atoms with E-state index in [0.29, 0.717) is 0 Å². The van der Waals surface area contributed by atoms with Crippen LogP contribution < -0.4 is 10.5 Å². The zero-order valence-corrected chi connectivity index (χ0v) is 11.6. The van der Waals surface area contributed by atoms with E-state index in [2.05, 4.69) is 24.9 Å². The molecule has 0 atom stereocenters. The number of aromatic nitrogens is 1. The molecule has 0 unspecified atom stereocenters. The van der Waals surface area contributed by atoms with Gasteiger partial charge in [-0.2, -0.15) is 0 Å². The van der Waals surface area contributed by atoms with Gasteiger partial charge in [0.25, 0.3) is 0 Å². The Kier molecular flexibility index (Phi) is 3.03. The summed E-state index contributed by atoms with van der Waals surface area (Å²) >= 11 is 0. The zero-order valence-electron chi connectivity index (χ0n) is 11.6. The molecule has 20 heavy (non-hydrogen) atoms. The molecule has 0 amide bonds. The quantitative estimate of drug-likeness (QED) is 0.705. The van der Waals surface area contributed by atoms with Gasteiger partial charge >= 0.3 is 0 Å². The van der Waals surface area contributed by atoms with Crippen LogP contribution in [0, 0.1) is 13.8 Å². The predicted octanol–water partition coefficient (Wildman–Crippen LogP) is 4.23. The Labute approximate surface area is 118 Å². The molecule has 3 nitrogen and oxygen atoms in total. The summed E-state index contributed by atoms with van der Waals surface area (Å²) in [6.45, 7) is 4.13. The molecule has 3 heteroatoms. The van der Waals surface area contributed by atoms with E-state index in [1.54, 1.807) is 12.4 Å². The monoisotopic (exact) mass is 264 g/mol. The molecule has 0 aliphatic rings. The number of nitrogen functional groups attached to an aromatic ring is 1. The molecule has 2 aromatic carbocycles. The van der Waals surface area contributed by atoms with Gasteiger partial charge in [-0.1, -0.05) is 12.1 Å². The molecule has 0 saturated carbocycles. The summed E-state index contributed by atoms with van der Waals surface area (Å²) in [5.41, 5.74) is 9.07. The standard InChI is InChI=1S/C17H16N2O/c1-11-4-3-5-16(12(11)2)20-17-7-6-15(18)13-8-9-19-10-14(13)17/h3-10H,18H2,1-2H3. The molecule has 0 aliphatic carbocycles. The van der Waals surface area contributed by atoms with Crippen LogP contribution in [0.15, 0.2) is 48.8 Å². The minimum Gasteiger partial charge on any atom is -0.456 e. The van der Waals surface area contributed by atoms with Gasteiger partial charge in [0.15, 0.2) is 0 Å². The van der Waals surface area contributed by atoms with E-state index in [1.807, 2.05) is 30.3 Å². The summed E-state index contributed by atoms with van der Waals surface area (Å²) in [4.78, 5) is 4.16. The lowest BCUT2D eigenvalue weighted by atomic mass is 10.1. The molecule has 2 N–H and O–H groups in total. The first kappa shape index (κ1) is 12.5. The van der Waals surface area contributed by atoms with Crippen molar-refractivity contribution in [3.8, 4) is 11.5 Å². The number of benzene rings is 2. The maximum atomic E-state index is 6.06. The molecule has 0 spiro atoms. The first-order valence-corrected chi connectivity index (χ1v) is 6.53. The van der Waals surface area contributed by atoms with Crippen LogP contribution in [-0.4, -0.2) is 4.98 Å². The number of ether oxygens (including phenoxy) is 1. The summed E-state index contributed by atoms with van der Waals surface area (Å²) < 4.78 is 6.06. The molecule has 0 fully saturated rings. The van der Waals surface area contributed by atoms with Gasteiger partial charge in [0.05, 0.1) is 0 Å². The van der Waals surface area contributed by atoms with Gasteiger partial charge in [0, 0.05) is 28.9 Å². The van der Waals surface area contributed by atoms with Crippen molar-refractivity contribution < 1.29 is 4.74 Å². The van der Waals surface area contributed by atoms with Crippen molar-refractivity contribution in [2.45, 2.75) is 13.8 Å². The topological polar surface area (TPSA) is 48.1 Å². The minimum absolute atomic E-state index is 0.732. The van der Waals surface area contributed by atoms with Gasteiger partial charge in [0.2, 0.25) is 0 Å². The fourth-order valence-electron chi connectivity index (χ4n) is 2.23. The lowest BCUT2D eigenvalue weighted by Crippen LogP contribution is -1.93. The third-order valence-electron chi connectivity index (χ3n) is 3.59. The van der Waals surface area contributed by atoms with Crippen molar-refractivity contribution >= 4 is 16.5 Å². The van der Waals surface area contributed by atoms with Crippen molar-refractivity contribution in [1.82, 2.24) is 4.98 Å². The Bertz CT molecular complexity index is 781. The Hall–Kier alpha value is -2.55. The zero-order chi connectivity index (χ0) is 14.1. The van der Waals surface area contributed by atoms with E-state index in [1.165, 1.54) is 5.56 Å². The minimum atomic E-state index is 0.732. The lowest BCUT2D eigenvalue weighted by molar-refractivity contribution is 0.484. The number of anilines is 1. The van der Waals surface area contributed by atoms with Crippen molar-refractivity contribution in [1.29, 1.82) is 0 Å². The number of hydrogen-bond acceptors (Lipinski definition) is 3. The molecule has 0 bridgehead atoms. The molecule has 3 aromatic rings. The Morgan fingerprint density at radius 3 is 2.65 bits per heavy atom. The van der Waals surface area contributed by atoms with Crippen molar-refractivity contribution in [2.75, 3.05) is 5.73 Å². The summed E-state index contributed by atoms with van der Waals surface area (Å²) in [7, 11) is 0.